The molecule has 2 nitrogen and oxygen atoms in total. The van der Waals surface area contributed by atoms with Gasteiger partial charge in [-0.2, -0.15) is 0 Å². The van der Waals surface area contributed by atoms with E-state index in [1.165, 1.54) is 0 Å². The molecular weight excluding hydrogens is 211 g/mol. The van der Waals surface area contributed by atoms with Crippen molar-refractivity contribution in [2.45, 2.75) is 0 Å². The molecule has 0 atom stereocenters. The number of piperazine rings is 1. The van der Waals surface area contributed by atoms with Crippen LogP contribution in [0.2, 0.25) is 0 Å². The molecule has 0 amide bonds. The van der Waals surface area contributed by atoms with Crippen molar-refractivity contribution in [1.29, 1.82) is 0 Å². The number of nitrogens with zero attached hydrogens (tertiary/aromatic N) is 2. The zero-order valence-electron chi connectivity index (χ0n) is 7.07. The Morgan fingerprint density at radius 1 is 1.38 bits per heavy atom. The molecule has 1 fully saturated rings. The fourth-order valence-corrected chi connectivity index (χ4v) is 1.69. The van der Waals surface area contributed by atoms with Crippen molar-refractivity contribution < 1.29 is 0 Å². The molecule has 1 aliphatic heterocycles. The third-order valence-corrected chi connectivity index (χ3v) is 2.57. The van der Waals surface area contributed by atoms with Crippen molar-refractivity contribution >= 4 is 58.7 Å². The van der Waals surface area contributed by atoms with Crippen LogP contribution in [0.3, 0.4) is 0 Å². The first-order valence-electron chi connectivity index (χ1n) is 4.05. The first kappa shape index (κ1) is 13.9. The van der Waals surface area contributed by atoms with Crippen LogP contribution in [-0.4, -0.2) is 76.4 Å². The van der Waals surface area contributed by atoms with E-state index >= 15 is 0 Å². The van der Waals surface area contributed by atoms with Gasteiger partial charge in [0.2, 0.25) is 0 Å². The molecule has 5 heteroatoms. The third kappa shape index (κ3) is 4.81. The van der Waals surface area contributed by atoms with E-state index in [0.717, 1.165) is 32.7 Å². The molecule has 0 aromatic rings. The number of thiol groups is 1. The van der Waals surface area contributed by atoms with Crippen molar-refractivity contribution in [1.82, 2.24) is 9.80 Å². The minimum atomic E-state index is 0. The van der Waals surface area contributed by atoms with Crippen LogP contribution in [-0.2, 0) is 0 Å². The molecule has 0 aromatic carbocycles. The van der Waals surface area contributed by atoms with E-state index in [9.17, 15) is 0 Å². The molecular formula is C8H15N2NaS2. The van der Waals surface area contributed by atoms with Crippen LogP contribution in [0.15, 0.2) is 12.7 Å². The maximum atomic E-state index is 4.97. The van der Waals surface area contributed by atoms with Gasteiger partial charge in [0.25, 0.3) is 0 Å². The fourth-order valence-electron chi connectivity index (χ4n) is 1.30. The molecule has 70 valence electrons. The van der Waals surface area contributed by atoms with Gasteiger partial charge in [0.15, 0.2) is 0 Å². The fraction of sp³-hybridized carbons (Fsp3) is 0.625. The average molecular weight is 226 g/mol. The SMILES string of the molecule is C=CCN1CCN(C(=S)S)CC1.[NaH]. The quantitative estimate of drug-likeness (QED) is 0.314. The molecule has 0 radical (unpaired) electrons. The summed E-state index contributed by atoms with van der Waals surface area (Å²) in [6.07, 6.45) is 1.94. The number of hydrogen-bond acceptors (Lipinski definition) is 2. The van der Waals surface area contributed by atoms with Gasteiger partial charge < -0.3 is 4.90 Å². The summed E-state index contributed by atoms with van der Waals surface area (Å²) >= 11 is 9.11. The summed E-state index contributed by atoms with van der Waals surface area (Å²) in [6.45, 7) is 8.81. The molecule has 0 aliphatic carbocycles. The van der Waals surface area contributed by atoms with Crippen LogP contribution in [0, 0.1) is 0 Å². The predicted octanol–water partition coefficient (Wildman–Crippen LogP) is 0.356. The standard InChI is InChI=1S/C8H14N2S2.Na.H/c1-2-3-9-4-6-10(7-5-9)8(11)12;;/h2H,1,3-7H2,(H,11,12);;. The van der Waals surface area contributed by atoms with Gasteiger partial charge in [-0.1, -0.05) is 18.3 Å². The minimum absolute atomic E-state index is 0. The van der Waals surface area contributed by atoms with E-state index in [0.29, 0.717) is 4.32 Å². The van der Waals surface area contributed by atoms with Gasteiger partial charge in [0, 0.05) is 32.7 Å². The molecule has 1 heterocycles. The van der Waals surface area contributed by atoms with Crippen LogP contribution in [0.4, 0.5) is 0 Å². The van der Waals surface area contributed by atoms with Gasteiger partial charge in [0.05, 0.1) is 0 Å². The third-order valence-electron chi connectivity index (χ3n) is 2.03. The van der Waals surface area contributed by atoms with Gasteiger partial charge in [-0.05, 0) is 0 Å². The van der Waals surface area contributed by atoms with E-state index in [1.807, 2.05) is 6.08 Å². The van der Waals surface area contributed by atoms with Crippen LogP contribution in [0.25, 0.3) is 0 Å². The first-order chi connectivity index (χ1) is 5.74. The Kier molecular flexibility index (Phi) is 7.79. The van der Waals surface area contributed by atoms with Crippen molar-refractivity contribution in [3.63, 3.8) is 0 Å². The van der Waals surface area contributed by atoms with E-state index in [1.54, 1.807) is 0 Å². The summed E-state index contributed by atoms with van der Waals surface area (Å²) in [5.41, 5.74) is 0. The van der Waals surface area contributed by atoms with Gasteiger partial charge in [-0.15, -0.1) is 19.2 Å². The van der Waals surface area contributed by atoms with Crippen LogP contribution in [0.1, 0.15) is 0 Å². The summed E-state index contributed by atoms with van der Waals surface area (Å²) in [5, 5.41) is 0. The summed E-state index contributed by atoms with van der Waals surface area (Å²) in [7, 11) is 0. The van der Waals surface area contributed by atoms with E-state index in [2.05, 4.69) is 29.0 Å². The summed E-state index contributed by atoms with van der Waals surface area (Å²) in [4.78, 5) is 4.48. The Morgan fingerprint density at radius 2 is 1.92 bits per heavy atom. The second kappa shape index (κ2) is 7.26. The van der Waals surface area contributed by atoms with Crippen LogP contribution >= 0.6 is 24.8 Å². The normalized spacial score (nSPS) is 17.8. The van der Waals surface area contributed by atoms with Crippen molar-refractivity contribution in [3.8, 4) is 0 Å². The summed E-state index contributed by atoms with van der Waals surface area (Å²) in [6, 6.07) is 0. The number of rotatable bonds is 2. The summed E-state index contributed by atoms with van der Waals surface area (Å²) < 4.78 is 0.716. The monoisotopic (exact) mass is 226 g/mol. The molecule has 0 spiro atoms. The molecule has 0 aromatic heterocycles. The Hall–Kier alpha value is 0.940. The molecule has 1 rings (SSSR count). The topological polar surface area (TPSA) is 6.48 Å². The second-order valence-corrected chi connectivity index (χ2v) is 3.97. The molecule has 1 saturated heterocycles. The van der Waals surface area contributed by atoms with E-state index in [4.69, 9.17) is 12.2 Å². The van der Waals surface area contributed by atoms with Crippen molar-refractivity contribution in [3.05, 3.63) is 12.7 Å². The number of hydrogen-bond donors (Lipinski definition) is 1. The van der Waals surface area contributed by atoms with E-state index in [-0.39, 0.29) is 29.6 Å². The summed E-state index contributed by atoms with van der Waals surface area (Å²) in [5.74, 6) is 0. The molecule has 0 bridgehead atoms. The van der Waals surface area contributed by atoms with Crippen LogP contribution in [0.5, 0.6) is 0 Å². The van der Waals surface area contributed by atoms with Crippen molar-refractivity contribution in [2.75, 3.05) is 32.7 Å². The van der Waals surface area contributed by atoms with Gasteiger partial charge in [0.1, 0.15) is 4.32 Å². The predicted molar refractivity (Wildman–Crippen MR) is 66.9 cm³/mol. The Balaban J connectivity index is 0.00000144. The van der Waals surface area contributed by atoms with Gasteiger partial charge in [-0.25, -0.2) is 0 Å². The first-order valence-corrected chi connectivity index (χ1v) is 4.90. The average Bonchev–Trinajstić information content (AvgIpc) is 2.06. The van der Waals surface area contributed by atoms with Crippen LogP contribution < -0.4 is 0 Å². The second-order valence-electron chi connectivity index (χ2n) is 2.86. The molecule has 0 unspecified atom stereocenters. The number of thiocarbonyl (C=S) groups is 1. The zero-order valence-corrected chi connectivity index (χ0v) is 8.78. The van der Waals surface area contributed by atoms with Gasteiger partial charge >= 0.3 is 29.6 Å². The van der Waals surface area contributed by atoms with E-state index < -0.39 is 0 Å². The Labute approximate surface area is 113 Å². The maximum absolute atomic E-state index is 4.97. The van der Waals surface area contributed by atoms with Gasteiger partial charge in [-0.3, -0.25) is 4.90 Å². The Bertz CT molecular complexity index is 179. The molecule has 1 aliphatic rings. The van der Waals surface area contributed by atoms with Crippen molar-refractivity contribution in [2.24, 2.45) is 0 Å². The molecule has 13 heavy (non-hydrogen) atoms. The molecule has 0 N–H and O–H groups in total. The zero-order chi connectivity index (χ0) is 8.97. The Morgan fingerprint density at radius 3 is 2.31 bits per heavy atom. The molecule has 0 saturated carbocycles.